The average molecular weight is 544 g/mol. The van der Waals surface area contributed by atoms with Crippen LogP contribution in [0.4, 0.5) is 45.5 Å². The summed E-state index contributed by atoms with van der Waals surface area (Å²) in [7, 11) is 0. The van der Waals surface area contributed by atoms with Gasteiger partial charge in [0.15, 0.2) is 0 Å². The molecule has 0 amide bonds. The maximum Gasteiger partial charge on any atom is 0.0466 e. The fourth-order valence-corrected chi connectivity index (χ4v) is 6.09. The first kappa shape index (κ1) is 25.7. The Morgan fingerprint density at radius 1 is 0.381 bits per heavy atom. The van der Waals surface area contributed by atoms with Crippen LogP contribution in [0, 0.1) is 0 Å². The summed E-state index contributed by atoms with van der Waals surface area (Å²) in [6, 6.07) is 55.9. The van der Waals surface area contributed by atoms with E-state index in [1.54, 1.807) is 0 Å². The van der Waals surface area contributed by atoms with Gasteiger partial charge in [0.1, 0.15) is 0 Å². The van der Waals surface area contributed by atoms with Gasteiger partial charge in [0, 0.05) is 50.9 Å². The third-order valence-electron chi connectivity index (χ3n) is 8.20. The van der Waals surface area contributed by atoms with Gasteiger partial charge in [-0.1, -0.05) is 86.6 Å². The Morgan fingerprint density at radius 2 is 0.690 bits per heavy atom. The summed E-state index contributed by atoms with van der Waals surface area (Å²) in [6.07, 6.45) is 0. The van der Waals surface area contributed by atoms with E-state index in [4.69, 9.17) is 0 Å². The maximum atomic E-state index is 3.75. The standard InChI is InChI=1S/C39H33N3/c1-39(2)35-27-33(41(29-15-7-3-8-16-29)30-17-9-4-10-18-30)23-25-37(35)40-38-26-24-34(28-36(38)39)42(31-19-11-5-12-20-31)32-21-13-6-14-22-32/h3-28,40H,1-2H3. The van der Waals surface area contributed by atoms with Crippen LogP contribution in [-0.4, -0.2) is 0 Å². The predicted molar refractivity (Wildman–Crippen MR) is 178 cm³/mol. The van der Waals surface area contributed by atoms with E-state index in [2.05, 4.69) is 187 Å². The first-order valence-electron chi connectivity index (χ1n) is 14.5. The van der Waals surface area contributed by atoms with E-state index in [-0.39, 0.29) is 5.41 Å². The molecule has 0 spiro atoms. The van der Waals surface area contributed by atoms with Crippen LogP contribution < -0.4 is 15.1 Å². The Kier molecular flexibility index (Phi) is 6.48. The zero-order chi connectivity index (χ0) is 28.5. The van der Waals surface area contributed by atoms with Gasteiger partial charge >= 0.3 is 0 Å². The molecule has 0 radical (unpaired) electrons. The quantitative estimate of drug-likeness (QED) is 0.225. The highest BCUT2D eigenvalue weighted by Gasteiger charge is 2.34. The fraction of sp³-hybridized carbons (Fsp3) is 0.0769. The summed E-state index contributed by atoms with van der Waals surface area (Å²) < 4.78 is 0. The topological polar surface area (TPSA) is 18.5 Å². The van der Waals surface area contributed by atoms with E-state index in [9.17, 15) is 0 Å². The smallest absolute Gasteiger partial charge is 0.0466 e. The molecule has 0 atom stereocenters. The normalized spacial score (nSPS) is 12.9. The van der Waals surface area contributed by atoms with Gasteiger partial charge in [-0.15, -0.1) is 0 Å². The third-order valence-corrected chi connectivity index (χ3v) is 8.20. The Balaban J connectivity index is 1.34. The molecular weight excluding hydrogens is 510 g/mol. The maximum absolute atomic E-state index is 3.75. The molecule has 0 unspecified atom stereocenters. The average Bonchev–Trinajstić information content (AvgIpc) is 3.04. The van der Waals surface area contributed by atoms with Crippen molar-refractivity contribution in [1.82, 2.24) is 0 Å². The van der Waals surface area contributed by atoms with E-state index >= 15 is 0 Å². The summed E-state index contributed by atoms with van der Waals surface area (Å²) in [5.41, 5.74) is 11.4. The van der Waals surface area contributed by atoms with Crippen molar-refractivity contribution in [3.05, 3.63) is 169 Å². The second-order valence-corrected chi connectivity index (χ2v) is 11.2. The van der Waals surface area contributed by atoms with E-state index in [1.807, 2.05) is 0 Å². The van der Waals surface area contributed by atoms with Crippen molar-refractivity contribution in [2.75, 3.05) is 15.1 Å². The minimum atomic E-state index is -0.236. The van der Waals surface area contributed by atoms with Gasteiger partial charge in [-0.3, -0.25) is 0 Å². The predicted octanol–water partition coefficient (Wildman–Crippen LogP) is 11.0. The Morgan fingerprint density at radius 3 is 1.00 bits per heavy atom. The van der Waals surface area contributed by atoms with Gasteiger partial charge in [-0.05, 0) is 96.1 Å². The van der Waals surface area contributed by atoms with Crippen molar-refractivity contribution in [3.8, 4) is 0 Å². The van der Waals surface area contributed by atoms with Crippen molar-refractivity contribution >= 4 is 45.5 Å². The van der Waals surface area contributed by atoms with Crippen LogP contribution in [0.3, 0.4) is 0 Å². The molecule has 3 nitrogen and oxygen atoms in total. The zero-order valence-electron chi connectivity index (χ0n) is 23.9. The van der Waals surface area contributed by atoms with Crippen LogP contribution >= 0.6 is 0 Å². The van der Waals surface area contributed by atoms with Gasteiger partial charge in [-0.2, -0.15) is 0 Å². The molecule has 3 heteroatoms. The van der Waals surface area contributed by atoms with E-state index in [0.29, 0.717) is 0 Å². The highest BCUT2D eigenvalue weighted by molar-refractivity contribution is 5.85. The molecule has 0 saturated heterocycles. The number of rotatable bonds is 6. The first-order valence-corrected chi connectivity index (χ1v) is 14.5. The number of nitrogens with one attached hydrogen (secondary N) is 1. The van der Waals surface area contributed by atoms with Gasteiger partial charge < -0.3 is 15.1 Å². The molecule has 1 N–H and O–H groups in total. The van der Waals surface area contributed by atoms with Crippen molar-refractivity contribution in [2.24, 2.45) is 0 Å². The van der Waals surface area contributed by atoms with Crippen LogP contribution in [0.25, 0.3) is 0 Å². The lowest BCUT2D eigenvalue weighted by Crippen LogP contribution is -2.27. The molecule has 0 fully saturated rings. The highest BCUT2D eigenvalue weighted by Crippen LogP contribution is 2.49. The first-order chi connectivity index (χ1) is 20.6. The van der Waals surface area contributed by atoms with Crippen LogP contribution in [0.2, 0.25) is 0 Å². The zero-order valence-corrected chi connectivity index (χ0v) is 23.9. The molecule has 6 aromatic rings. The molecular formula is C39H33N3. The third kappa shape index (κ3) is 4.59. The fourth-order valence-electron chi connectivity index (χ4n) is 6.09. The van der Waals surface area contributed by atoms with E-state index < -0.39 is 0 Å². The summed E-state index contributed by atoms with van der Waals surface area (Å²) in [5.74, 6) is 0. The number of nitrogens with zero attached hydrogens (tertiary/aromatic N) is 2. The lowest BCUT2D eigenvalue weighted by Gasteiger charge is -2.38. The molecule has 0 aliphatic carbocycles. The van der Waals surface area contributed by atoms with Crippen molar-refractivity contribution < 1.29 is 0 Å². The number of hydrogen-bond acceptors (Lipinski definition) is 3. The van der Waals surface area contributed by atoms with E-state index in [1.165, 1.54) is 11.1 Å². The summed E-state index contributed by atoms with van der Waals surface area (Å²) in [5, 5.41) is 3.75. The van der Waals surface area contributed by atoms with Crippen LogP contribution in [0.1, 0.15) is 25.0 Å². The monoisotopic (exact) mass is 543 g/mol. The molecule has 0 saturated carbocycles. The number of benzene rings is 6. The van der Waals surface area contributed by atoms with Crippen LogP contribution in [-0.2, 0) is 5.41 Å². The summed E-state index contributed by atoms with van der Waals surface area (Å²) >= 11 is 0. The van der Waals surface area contributed by atoms with Gasteiger partial charge in [-0.25, -0.2) is 0 Å². The van der Waals surface area contributed by atoms with Crippen LogP contribution in [0.15, 0.2) is 158 Å². The molecule has 1 aliphatic rings. The second kappa shape index (κ2) is 10.6. The molecule has 1 heterocycles. The van der Waals surface area contributed by atoms with Gasteiger partial charge in [0.2, 0.25) is 0 Å². The lowest BCUT2D eigenvalue weighted by atomic mass is 9.74. The molecule has 1 aliphatic heterocycles. The Bertz CT molecular complexity index is 1600. The number of fused-ring (bicyclic) bond motifs is 2. The second-order valence-electron chi connectivity index (χ2n) is 11.2. The van der Waals surface area contributed by atoms with Crippen molar-refractivity contribution in [1.29, 1.82) is 0 Å². The number of anilines is 8. The van der Waals surface area contributed by atoms with Gasteiger partial charge in [0.25, 0.3) is 0 Å². The van der Waals surface area contributed by atoms with E-state index in [0.717, 1.165) is 45.5 Å². The van der Waals surface area contributed by atoms with Gasteiger partial charge in [0.05, 0.1) is 0 Å². The molecule has 0 aromatic heterocycles. The Hall–Kier alpha value is -5.28. The molecule has 6 aromatic carbocycles. The minimum Gasteiger partial charge on any atom is -0.355 e. The van der Waals surface area contributed by atoms with Crippen LogP contribution in [0.5, 0.6) is 0 Å². The summed E-state index contributed by atoms with van der Waals surface area (Å²) in [4.78, 5) is 4.66. The SMILES string of the molecule is CC1(C)c2cc(N(c3ccccc3)c3ccccc3)ccc2Nc2ccc(N(c3ccccc3)c3ccccc3)cc21. The van der Waals surface area contributed by atoms with Crippen molar-refractivity contribution in [3.63, 3.8) is 0 Å². The largest absolute Gasteiger partial charge is 0.355 e. The molecule has 42 heavy (non-hydrogen) atoms. The highest BCUT2D eigenvalue weighted by atomic mass is 15.1. The number of para-hydroxylation sites is 4. The summed E-state index contributed by atoms with van der Waals surface area (Å²) in [6.45, 7) is 4.67. The van der Waals surface area contributed by atoms with Crippen molar-refractivity contribution in [2.45, 2.75) is 19.3 Å². The Labute approximate surface area is 248 Å². The molecule has 7 rings (SSSR count). The molecule has 0 bridgehead atoms. The molecule has 204 valence electrons. The lowest BCUT2D eigenvalue weighted by molar-refractivity contribution is 0.638. The number of hydrogen-bond donors (Lipinski definition) is 1. The minimum absolute atomic E-state index is 0.236.